The number of anilines is 1. The summed E-state index contributed by atoms with van der Waals surface area (Å²) in [7, 11) is 0.0872. The minimum absolute atomic E-state index is 0.0365. The quantitative estimate of drug-likeness (QED) is 0.575. The maximum absolute atomic E-state index is 13.1. The van der Waals surface area contributed by atoms with Crippen molar-refractivity contribution in [3.05, 3.63) is 46.5 Å². The lowest BCUT2D eigenvalue weighted by molar-refractivity contribution is -0.00462. The van der Waals surface area contributed by atoms with Crippen molar-refractivity contribution in [3.8, 4) is 0 Å². The average molecular weight is 378 g/mol. The number of fused-ring (bicyclic) bond motifs is 1. The highest BCUT2D eigenvalue weighted by Crippen LogP contribution is 2.31. The molecule has 140 valence electrons. The summed E-state index contributed by atoms with van der Waals surface area (Å²) < 4.78 is 27.6. The molecule has 1 heterocycles. The molecule has 0 radical (unpaired) electrons. The minimum atomic E-state index is -3.73. The zero-order valence-corrected chi connectivity index (χ0v) is 15.4. The Morgan fingerprint density at radius 2 is 1.62 bits per heavy atom. The van der Waals surface area contributed by atoms with Gasteiger partial charge in [0.15, 0.2) is 0 Å². The van der Waals surface area contributed by atoms with Gasteiger partial charge in [-0.2, -0.15) is 4.31 Å². The Hall–Kier alpha value is -2.27. The van der Waals surface area contributed by atoms with Crippen molar-refractivity contribution in [2.75, 3.05) is 45.2 Å². The molecule has 9 nitrogen and oxygen atoms in total. The minimum Gasteiger partial charge on any atom is -0.724 e. The zero-order chi connectivity index (χ0) is 18.9. The van der Waals surface area contributed by atoms with Gasteiger partial charge in [-0.15, -0.1) is 4.91 Å². The third-order valence-corrected chi connectivity index (χ3v) is 6.44. The first kappa shape index (κ1) is 18.5. The second kappa shape index (κ2) is 7.16. The average Bonchev–Trinajstić information content (AvgIpc) is 2.66. The molecular formula is C16H20N5O4S-. The summed E-state index contributed by atoms with van der Waals surface area (Å²) in [6, 6.07) is 10.8. The number of benzene rings is 2. The summed E-state index contributed by atoms with van der Waals surface area (Å²) in [5.74, 6) is 0. The zero-order valence-electron chi connectivity index (χ0n) is 14.6. The van der Waals surface area contributed by atoms with Crippen LogP contribution in [0.15, 0.2) is 46.6 Å². The third kappa shape index (κ3) is 3.23. The topological polar surface area (TPSA) is 99.6 Å². The maximum atomic E-state index is 13.1. The molecule has 0 aromatic heterocycles. The molecule has 2 aromatic rings. The number of rotatable bonds is 5. The van der Waals surface area contributed by atoms with E-state index in [1.165, 1.54) is 9.31 Å². The van der Waals surface area contributed by atoms with Gasteiger partial charge in [0.2, 0.25) is 10.0 Å². The van der Waals surface area contributed by atoms with Gasteiger partial charge in [-0.25, -0.2) is 13.4 Å². The van der Waals surface area contributed by atoms with E-state index in [4.69, 9.17) is 0 Å². The lowest BCUT2D eigenvalue weighted by Crippen LogP contribution is -2.51. The highest BCUT2D eigenvalue weighted by molar-refractivity contribution is 7.89. The predicted octanol–water partition coefficient (Wildman–Crippen LogP) is 1.61. The van der Waals surface area contributed by atoms with Gasteiger partial charge in [-0.3, -0.25) is 5.28 Å². The molecule has 0 aliphatic carbocycles. The maximum Gasteiger partial charge on any atom is 0.243 e. The number of piperazine rings is 1. The molecule has 2 aromatic carbocycles. The van der Waals surface area contributed by atoms with Gasteiger partial charge in [0.1, 0.15) is 0 Å². The monoisotopic (exact) mass is 378 g/mol. The highest BCUT2D eigenvalue weighted by atomic mass is 32.2. The van der Waals surface area contributed by atoms with Gasteiger partial charge in [0.05, 0.1) is 10.2 Å². The second-order valence-corrected chi connectivity index (χ2v) is 8.12. The summed E-state index contributed by atoms with van der Waals surface area (Å²) in [4.78, 5) is 12.5. The molecule has 0 saturated carbocycles. The molecule has 3 rings (SSSR count). The summed E-state index contributed by atoms with van der Waals surface area (Å²) in [6.45, 7) is 0.449. The van der Waals surface area contributed by atoms with E-state index >= 15 is 0 Å². The van der Waals surface area contributed by atoms with Crippen molar-refractivity contribution in [1.82, 2.24) is 14.6 Å². The number of sulfonamides is 1. The van der Waals surface area contributed by atoms with Crippen LogP contribution in [-0.2, 0) is 10.0 Å². The predicted molar refractivity (Wildman–Crippen MR) is 99.6 cm³/mol. The summed E-state index contributed by atoms with van der Waals surface area (Å²) >= 11 is 0. The molecule has 1 aliphatic heterocycles. The fourth-order valence-corrected chi connectivity index (χ4v) is 4.79. The standard InChI is InChI=1S/C16H20N5O4S/c1-18(2)15-7-3-6-14-13(15)5-4-8-16(14)26(24,25)20-11-9-19(10-12-20)21(23)17-22/h3-8H,9-12H2,1-2H3/q-1. The fourth-order valence-electron chi connectivity index (χ4n) is 3.16. The van der Waals surface area contributed by atoms with Crippen LogP contribution in [0.3, 0.4) is 0 Å². The number of hydrogen-bond acceptors (Lipinski definition) is 7. The van der Waals surface area contributed by atoms with Gasteiger partial charge < -0.3 is 10.1 Å². The van der Waals surface area contributed by atoms with Crippen molar-refractivity contribution >= 4 is 26.5 Å². The van der Waals surface area contributed by atoms with Crippen molar-refractivity contribution in [2.24, 2.45) is 5.29 Å². The van der Waals surface area contributed by atoms with E-state index in [1.807, 2.05) is 37.2 Å². The first-order chi connectivity index (χ1) is 12.4. The molecule has 10 heteroatoms. The largest absolute Gasteiger partial charge is 0.724 e. The van der Waals surface area contributed by atoms with Crippen molar-refractivity contribution in [1.29, 1.82) is 0 Å². The molecule has 0 atom stereocenters. The van der Waals surface area contributed by atoms with Gasteiger partial charge >= 0.3 is 0 Å². The van der Waals surface area contributed by atoms with Gasteiger partial charge in [0, 0.05) is 56.7 Å². The number of nitroso groups, excluding NO2 is 1. The Bertz CT molecular complexity index is 910. The van der Waals surface area contributed by atoms with Crippen LogP contribution in [0, 0.1) is 10.1 Å². The summed E-state index contributed by atoms with van der Waals surface area (Å²) in [5.41, 5.74) is 0.934. The van der Waals surface area contributed by atoms with Gasteiger partial charge in [-0.1, -0.05) is 24.3 Å². The molecule has 0 unspecified atom stereocenters. The van der Waals surface area contributed by atoms with Crippen molar-refractivity contribution < 1.29 is 8.42 Å². The van der Waals surface area contributed by atoms with Crippen LogP contribution in [0.2, 0.25) is 0 Å². The molecule has 0 amide bonds. The Kier molecular flexibility index (Phi) is 5.10. The lowest BCUT2D eigenvalue weighted by atomic mass is 10.1. The van der Waals surface area contributed by atoms with E-state index in [-0.39, 0.29) is 36.4 Å². The lowest BCUT2D eigenvalue weighted by Gasteiger charge is -2.40. The molecule has 1 saturated heterocycles. The molecule has 0 spiro atoms. The summed E-state index contributed by atoms with van der Waals surface area (Å²) in [5, 5.41) is 16.2. The van der Waals surface area contributed by atoms with Crippen LogP contribution >= 0.6 is 0 Å². The Morgan fingerprint density at radius 1 is 1.00 bits per heavy atom. The molecular weight excluding hydrogens is 358 g/mol. The van der Waals surface area contributed by atoms with E-state index in [0.717, 1.165) is 11.1 Å². The molecule has 1 fully saturated rings. The number of hydrazine groups is 1. The van der Waals surface area contributed by atoms with E-state index in [2.05, 4.69) is 5.29 Å². The van der Waals surface area contributed by atoms with E-state index in [9.17, 15) is 18.5 Å². The van der Waals surface area contributed by atoms with E-state index < -0.39 is 10.0 Å². The van der Waals surface area contributed by atoms with Crippen LogP contribution in [0.1, 0.15) is 0 Å². The van der Waals surface area contributed by atoms with Crippen LogP contribution in [0.5, 0.6) is 0 Å². The second-order valence-electron chi connectivity index (χ2n) is 6.21. The van der Waals surface area contributed by atoms with E-state index in [1.54, 1.807) is 18.2 Å². The van der Waals surface area contributed by atoms with Crippen LogP contribution < -0.4 is 4.90 Å². The molecule has 0 N–H and O–H groups in total. The first-order valence-electron chi connectivity index (χ1n) is 8.11. The van der Waals surface area contributed by atoms with Crippen LogP contribution in [0.25, 0.3) is 10.8 Å². The molecule has 0 bridgehead atoms. The van der Waals surface area contributed by atoms with Crippen LogP contribution in [0.4, 0.5) is 5.69 Å². The Morgan fingerprint density at radius 3 is 2.23 bits per heavy atom. The SMILES string of the molecule is CN(C)c1cccc2c(S(=O)(=O)N3CCN(N([O-])N=O)CC3)cccc12. The first-order valence-corrected chi connectivity index (χ1v) is 9.55. The number of nitrogens with zero attached hydrogens (tertiary/aromatic N) is 5. The molecule has 26 heavy (non-hydrogen) atoms. The fraction of sp³-hybridized carbons (Fsp3) is 0.375. The summed E-state index contributed by atoms with van der Waals surface area (Å²) in [6.07, 6.45) is 0. The normalized spacial score (nSPS) is 16.6. The highest BCUT2D eigenvalue weighted by Gasteiger charge is 2.30. The van der Waals surface area contributed by atoms with Crippen molar-refractivity contribution in [2.45, 2.75) is 4.90 Å². The van der Waals surface area contributed by atoms with E-state index in [0.29, 0.717) is 5.39 Å². The Balaban J connectivity index is 1.96. The Labute approximate surface area is 151 Å². The van der Waals surface area contributed by atoms with Crippen molar-refractivity contribution in [3.63, 3.8) is 0 Å². The molecule has 1 aliphatic rings. The van der Waals surface area contributed by atoms with Crippen LogP contribution in [-0.4, -0.2) is 63.3 Å². The smallest absolute Gasteiger partial charge is 0.243 e. The van der Waals surface area contributed by atoms with Gasteiger partial charge in [0.25, 0.3) is 0 Å². The van der Waals surface area contributed by atoms with Gasteiger partial charge in [-0.05, 0) is 12.1 Å². The third-order valence-electron chi connectivity index (χ3n) is 4.49. The number of hydrogen-bond donors (Lipinski definition) is 0.